The van der Waals surface area contributed by atoms with Crippen LogP contribution >= 0.6 is 39.1 Å². The molecule has 0 unspecified atom stereocenters. The number of para-hydroxylation sites is 2. The third-order valence-corrected chi connectivity index (χ3v) is 8.62. The lowest BCUT2D eigenvalue weighted by atomic mass is 10.1. The summed E-state index contributed by atoms with van der Waals surface area (Å²) in [6.07, 6.45) is 1.55. The molecule has 0 spiro atoms. The number of hydrazone groups is 1. The number of anilines is 1. The Morgan fingerprint density at radius 2 is 1.67 bits per heavy atom. The molecule has 5 rings (SSSR count). The molecule has 0 atom stereocenters. The number of carbonyl (C=O) groups excluding carboxylic acids is 1. The third kappa shape index (κ3) is 8.49. The molecule has 0 saturated carbocycles. The maximum atomic E-state index is 12.7. The van der Waals surface area contributed by atoms with Gasteiger partial charge in [-0.15, -0.1) is 0 Å². The first-order valence-electron chi connectivity index (χ1n) is 14.3. The Kier molecular flexibility index (Phi) is 11.2. The van der Waals surface area contributed by atoms with Gasteiger partial charge in [0.25, 0.3) is 5.91 Å². The molecule has 0 aromatic heterocycles. The van der Waals surface area contributed by atoms with Crippen molar-refractivity contribution in [3.05, 3.63) is 116 Å². The van der Waals surface area contributed by atoms with Gasteiger partial charge in [0.15, 0.2) is 11.5 Å². The van der Waals surface area contributed by atoms with Gasteiger partial charge in [-0.2, -0.15) is 5.10 Å². The lowest BCUT2D eigenvalue weighted by Crippen LogP contribution is -2.46. The van der Waals surface area contributed by atoms with Gasteiger partial charge >= 0.3 is 0 Å². The van der Waals surface area contributed by atoms with Crippen molar-refractivity contribution in [1.82, 2.24) is 10.3 Å². The fraction of sp³-hybridized carbons (Fsp3) is 0.235. The minimum atomic E-state index is -0.297. The van der Waals surface area contributed by atoms with Crippen LogP contribution in [0.15, 0.2) is 88.4 Å². The van der Waals surface area contributed by atoms with E-state index in [-0.39, 0.29) is 12.5 Å². The van der Waals surface area contributed by atoms with Crippen molar-refractivity contribution >= 4 is 56.9 Å². The summed E-state index contributed by atoms with van der Waals surface area (Å²) < 4.78 is 17.7. The van der Waals surface area contributed by atoms with Crippen molar-refractivity contribution in [3.63, 3.8) is 0 Å². The number of ether oxygens (including phenoxy) is 3. The van der Waals surface area contributed by atoms with Gasteiger partial charge < -0.3 is 19.1 Å². The second kappa shape index (κ2) is 15.5. The van der Waals surface area contributed by atoms with Gasteiger partial charge in [0, 0.05) is 53.9 Å². The van der Waals surface area contributed by atoms with E-state index in [0.717, 1.165) is 55.3 Å². The normalized spacial score (nSPS) is 13.6. The Labute approximate surface area is 281 Å². The number of piperazine rings is 1. The zero-order valence-corrected chi connectivity index (χ0v) is 28.0. The second-order valence-electron chi connectivity index (χ2n) is 10.4. The molecule has 45 heavy (non-hydrogen) atoms. The Morgan fingerprint density at radius 3 is 2.38 bits per heavy atom. The number of halogens is 3. The van der Waals surface area contributed by atoms with Gasteiger partial charge in [-0.05, 0) is 75.6 Å². The molecule has 1 amide bonds. The van der Waals surface area contributed by atoms with Crippen molar-refractivity contribution in [2.45, 2.75) is 13.2 Å². The number of rotatable bonds is 11. The highest BCUT2D eigenvalue weighted by Crippen LogP contribution is 2.37. The lowest BCUT2D eigenvalue weighted by molar-refractivity contribution is 0.0955. The van der Waals surface area contributed by atoms with Crippen molar-refractivity contribution in [2.24, 2.45) is 5.10 Å². The van der Waals surface area contributed by atoms with Crippen LogP contribution in [0.3, 0.4) is 0 Å². The van der Waals surface area contributed by atoms with Crippen molar-refractivity contribution in [2.75, 3.05) is 45.3 Å². The first-order valence-corrected chi connectivity index (χ1v) is 15.9. The second-order valence-corrected chi connectivity index (χ2v) is 12.1. The fourth-order valence-electron chi connectivity index (χ4n) is 5.03. The minimum absolute atomic E-state index is 0.230. The summed E-state index contributed by atoms with van der Waals surface area (Å²) in [5, 5.41) is 5.22. The maximum absolute atomic E-state index is 12.7. The Balaban J connectivity index is 1.12. The molecule has 234 valence electrons. The summed E-state index contributed by atoms with van der Waals surface area (Å²) in [7, 11) is 3.26. The fourth-order valence-corrected chi connectivity index (χ4v) is 6.07. The molecule has 11 heteroatoms. The monoisotopic (exact) mass is 710 g/mol. The minimum Gasteiger partial charge on any atom is -0.495 e. The molecule has 1 fully saturated rings. The van der Waals surface area contributed by atoms with Crippen LogP contribution < -0.4 is 24.5 Å². The van der Waals surface area contributed by atoms with Crippen LogP contribution in [0.4, 0.5) is 5.69 Å². The molecule has 1 heterocycles. The SMILES string of the molecule is COc1ccccc1N1CCN(Cc2ccc(C(=O)N/N=C\c3cc(Br)c(OCc4ccc(Cl)cc4Cl)c(OC)c3)cc2)CC1. The quantitative estimate of drug-likeness (QED) is 0.129. The van der Waals surface area contributed by atoms with Gasteiger partial charge in [-0.25, -0.2) is 5.43 Å². The summed E-state index contributed by atoms with van der Waals surface area (Å²) in [5.74, 6) is 1.62. The van der Waals surface area contributed by atoms with E-state index in [4.69, 9.17) is 37.4 Å². The summed E-state index contributed by atoms with van der Waals surface area (Å²) in [4.78, 5) is 17.5. The summed E-state index contributed by atoms with van der Waals surface area (Å²) in [6, 6.07) is 24.6. The van der Waals surface area contributed by atoms with E-state index in [1.54, 1.807) is 38.6 Å². The van der Waals surface area contributed by atoms with E-state index in [2.05, 4.69) is 42.3 Å². The molecule has 0 radical (unpaired) electrons. The summed E-state index contributed by atoms with van der Waals surface area (Å²) >= 11 is 15.8. The van der Waals surface area contributed by atoms with Crippen LogP contribution in [-0.2, 0) is 13.2 Å². The van der Waals surface area contributed by atoms with Gasteiger partial charge in [-0.1, -0.05) is 53.5 Å². The number of amides is 1. The van der Waals surface area contributed by atoms with Gasteiger partial charge in [0.1, 0.15) is 12.4 Å². The van der Waals surface area contributed by atoms with E-state index in [9.17, 15) is 4.79 Å². The largest absolute Gasteiger partial charge is 0.495 e. The average molecular weight is 712 g/mol. The van der Waals surface area contributed by atoms with Crippen molar-refractivity contribution < 1.29 is 19.0 Å². The highest BCUT2D eigenvalue weighted by molar-refractivity contribution is 9.10. The van der Waals surface area contributed by atoms with Crippen LogP contribution in [0.2, 0.25) is 10.0 Å². The highest BCUT2D eigenvalue weighted by atomic mass is 79.9. The number of hydrogen-bond acceptors (Lipinski definition) is 7. The van der Waals surface area contributed by atoms with E-state index in [1.165, 1.54) is 0 Å². The Hall–Kier alpha value is -3.76. The molecule has 1 aliphatic rings. The third-order valence-electron chi connectivity index (χ3n) is 7.44. The molecule has 0 bridgehead atoms. The zero-order valence-electron chi connectivity index (χ0n) is 24.9. The molecular formula is C34H33BrCl2N4O4. The smallest absolute Gasteiger partial charge is 0.271 e. The molecule has 8 nitrogen and oxygen atoms in total. The molecular weight excluding hydrogens is 679 g/mol. The van der Waals surface area contributed by atoms with E-state index < -0.39 is 0 Å². The van der Waals surface area contributed by atoms with Crippen molar-refractivity contribution in [3.8, 4) is 17.2 Å². The predicted molar refractivity (Wildman–Crippen MR) is 183 cm³/mol. The maximum Gasteiger partial charge on any atom is 0.271 e. The van der Waals surface area contributed by atoms with Crippen LogP contribution in [0.25, 0.3) is 0 Å². The number of methoxy groups -OCH3 is 2. The zero-order chi connectivity index (χ0) is 31.8. The summed E-state index contributed by atoms with van der Waals surface area (Å²) in [6.45, 7) is 4.79. The Bertz CT molecular complexity index is 1660. The lowest BCUT2D eigenvalue weighted by Gasteiger charge is -2.36. The standard InChI is InChI=1S/C34H33BrCl2N4O4/c1-43-31-6-4-3-5-30(31)41-15-13-40(14-16-41)21-23-7-9-25(10-8-23)34(42)39-38-20-24-17-28(35)33(32(18-24)44-2)45-22-26-11-12-27(36)19-29(26)37/h3-12,17-20H,13-16,21-22H2,1-2H3,(H,39,42)/b38-20-. The average Bonchev–Trinajstić information content (AvgIpc) is 3.05. The number of benzene rings is 4. The van der Waals surface area contributed by atoms with E-state index in [1.807, 2.05) is 54.6 Å². The van der Waals surface area contributed by atoms with Gasteiger partial charge in [-0.3, -0.25) is 9.69 Å². The van der Waals surface area contributed by atoms with Crippen LogP contribution in [0, 0.1) is 0 Å². The van der Waals surface area contributed by atoms with Gasteiger partial charge in [0.05, 0.1) is 30.6 Å². The van der Waals surface area contributed by atoms with Crippen LogP contribution in [0.1, 0.15) is 27.0 Å². The number of hydrogen-bond donors (Lipinski definition) is 1. The summed E-state index contributed by atoms with van der Waals surface area (Å²) in [5.41, 5.74) is 6.91. The number of nitrogens with zero attached hydrogens (tertiary/aromatic N) is 3. The Morgan fingerprint density at radius 1 is 0.933 bits per heavy atom. The first kappa shape index (κ1) is 32.6. The predicted octanol–water partition coefficient (Wildman–Crippen LogP) is 7.44. The van der Waals surface area contributed by atoms with E-state index >= 15 is 0 Å². The van der Waals surface area contributed by atoms with Crippen LogP contribution in [-0.4, -0.2) is 57.4 Å². The molecule has 4 aromatic carbocycles. The molecule has 1 aliphatic heterocycles. The topological polar surface area (TPSA) is 75.6 Å². The van der Waals surface area contributed by atoms with Gasteiger partial charge in [0.2, 0.25) is 0 Å². The molecule has 1 N–H and O–H groups in total. The van der Waals surface area contributed by atoms with E-state index in [0.29, 0.717) is 37.1 Å². The number of nitrogens with one attached hydrogen (secondary N) is 1. The van der Waals surface area contributed by atoms with Crippen molar-refractivity contribution in [1.29, 1.82) is 0 Å². The molecule has 1 saturated heterocycles. The number of carbonyl (C=O) groups is 1. The van der Waals surface area contributed by atoms with Crippen LogP contribution in [0.5, 0.6) is 17.2 Å². The first-order chi connectivity index (χ1) is 21.8. The molecule has 4 aromatic rings. The highest BCUT2D eigenvalue weighted by Gasteiger charge is 2.20. The molecule has 0 aliphatic carbocycles.